The highest BCUT2D eigenvalue weighted by atomic mass is 16.5. The van der Waals surface area contributed by atoms with Gasteiger partial charge in [0, 0.05) is 11.8 Å². The zero-order chi connectivity index (χ0) is 12.1. The Morgan fingerprint density at radius 3 is 3.06 bits per heavy atom. The van der Waals surface area contributed by atoms with Crippen molar-refractivity contribution in [2.24, 2.45) is 0 Å². The molecule has 0 aliphatic heterocycles. The van der Waals surface area contributed by atoms with E-state index in [1.54, 1.807) is 35.3 Å². The molecule has 6 heteroatoms. The van der Waals surface area contributed by atoms with Crippen LogP contribution in [-0.2, 0) is 6.54 Å². The number of rotatable bonds is 5. The van der Waals surface area contributed by atoms with Gasteiger partial charge in [-0.25, -0.2) is 4.98 Å². The van der Waals surface area contributed by atoms with Crippen LogP contribution >= 0.6 is 0 Å². The van der Waals surface area contributed by atoms with Crippen LogP contribution in [0.5, 0.6) is 5.75 Å². The lowest BCUT2D eigenvalue weighted by Gasteiger charge is -2.12. The third-order valence-electron chi connectivity index (χ3n) is 2.16. The Kier molecular flexibility index (Phi) is 3.56. The molecule has 0 amide bonds. The van der Waals surface area contributed by atoms with E-state index >= 15 is 0 Å². The molecule has 0 spiro atoms. The van der Waals surface area contributed by atoms with Crippen molar-refractivity contribution < 1.29 is 9.84 Å². The lowest BCUT2D eigenvalue weighted by atomic mass is 10.3. The van der Waals surface area contributed by atoms with Crippen LogP contribution in [0.4, 0.5) is 5.69 Å². The first-order valence-electron chi connectivity index (χ1n) is 5.23. The number of aliphatic hydroxyl groups excluding tert-OH is 1. The molecule has 6 nitrogen and oxygen atoms in total. The summed E-state index contributed by atoms with van der Waals surface area (Å²) in [4.78, 5) is 3.79. The van der Waals surface area contributed by atoms with Gasteiger partial charge in [-0.15, -0.1) is 0 Å². The molecule has 0 saturated carbocycles. The number of hydrogen-bond acceptors (Lipinski definition) is 5. The number of aromatic nitrogens is 3. The van der Waals surface area contributed by atoms with E-state index in [9.17, 15) is 5.11 Å². The minimum absolute atomic E-state index is 0.184. The summed E-state index contributed by atoms with van der Waals surface area (Å²) in [5, 5.41) is 13.6. The first-order valence-corrected chi connectivity index (χ1v) is 5.23. The maximum absolute atomic E-state index is 9.71. The summed E-state index contributed by atoms with van der Waals surface area (Å²) in [6.45, 7) is 0.533. The van der Waals surface area contributed by atoms with Crippen molar-refractivity contribution in [2.75, 3.05) is 12.3 Å². The lowest BCUT2D eigenvalue weighted by Crippen LogP contribution is -2.23. The molecule has 1 atom stereocenters. The standard InChI is InChI=1S/C11H14N4O2/c12-9-2-1-3-11(4-9)17-6-10(16)5-15-8-13-7-14-15/h1-4,7-8,10,16H,5-6,12H2. The van der Waals surface area contributed by atoms with Gasteiger partial charge in [-0.05, 0) is 12.1 Å². The maximum Gasteiger partial charge on any atom is 0.137 e. The molecular formula is C11H14N4O2. The normalized spacial score (nSPS) is 12.3. The van der Waals surface area contributed by atoms with Crippen molar-refractivity contribution in [2.45, 2.75) is 12.6 Å². The van der Waals surface area contributed by atoms with Gasteiger partial charge in [0.15, 0.2) is 0 Å². The predicted octanol–water partition coefficient (Wildman–Crippen LogP) is 0.300. The highest BCUT2D eigenvalue weighted by molar-refractivity contribution is 5.43. The lowest BCUT2D eigenvalue weighted by molar-refractivity contribution is 0.0893. The molecule has 2 rings (SSSR count). The second kappa shape index (κ2) is 5.31. The molecule has 1 unspecified atom stereocenters. The molecule has 3 N–H and O–H groups in total. The van der Waals surface area contributed by atoms with Crippen LogP contribution in [0, 0.1) is 0 Å². The molecule has 0 fully saturated rings. The van der Waals surface area contributed by atoms with Crippen molar-refractivity contribution in [3.8, 4) is 5.75 Å². The second-order valence-corrected chi connectivity index (χ2v) is 3.65. The van der Waals surface area contributed by atoms with Gasteiger partial charge in [0.2, 0.25) is 0 Å². The van der Waals surface area contributed by atoms with Crippen LogP contribution in [0.1, 0.15) is 0 Å². The fourth-order valence-electron chi connectivity index (χ4n) is 1.39. The molecule has 0 aliphatic rings. The Morgan fingerprint density at radius 1 is 1.47 bits per heavy atom. The van der Waals surface area contributed by atoms with Crippen LogP contribution in [0.15, 0.2) is 36.9 Å². The van der Waals surface area contributed by atoms with Crippen LogP contribution in [0.2, 0.25) is 0 Å². The highest BCUT2D eigenvalue weighted by Gasteiger charge is 2.06. The molecule has 0 radical (unpaired) electrons. The molecule has 17 heavy (non-hydrogen) atoms. The minimum Gasteiger partial charge on any atom is -0.491 e. The van der Waals surface area contributed by atoms with Gasteiger partial charge in [0.25, 0.3) is 0 Å². The Hall–Kier alpha value is -2.08. The molecule has 1 aromatic carbocycles. The van der Waals surface area contributed by atoms with Gasteiger partial charge in [-0.3, -0.25) is 4.68 Å². The summed E-state index contributed by atoms with van der Waals surface area (Å²) in [5.41, 5.74) is 6.24. The number of ether oxygens (including phenoxy) is 1. The van der Waals surface area contributed by atoms with Gasteiger partial charge in [-0.1, -0.05) is 6.07 Å². The summed E-state index contributed by atoms with van der Waals surface area (Å²) in [6.07, 6.45) is 2.33. The summed E-state index contributed by atoms with van der Waals surface area (Å²) in [7, 11) is 0. The van der Waals surface area contributed by atoms with Gasteiger partial charge in [-0.2, -0.15) is 5.10 Å². The Labute approximate surface area is 98.7 Å². The van der Waals surface area contributed by atoms with E-state index in [4.69, 9.17) is 10.5 Å². The Morgan fingerprint density at radius 2 is 2.35 bits per heavy atom. The second-order valence-electron chi connectivity index (χ2n) is 3.65. The van der Waals surface area contributed by atoms with Gasteiger partial charge >= 0.3 is 0 Å². The number of nitrogens with zero attached hydrogens (tertiary/aromatic N) is 3. The fraction of sp³-hybridized carbons (Fsp3) is 0.273. The molecule has 1 aromatic heterocycles. The van der Waals surface area contributed by atoms with Gasteiger partial charge in [0.1, 0.15) is 31.1 Å². The van der Waals surface area contributed by atoms with Gasteiger partial charge in [0.05, 0.1) is 6.54 Å². The molecule has 90 valence electrons. The summed E-state index contributed by atoms with van der Waals surface area (Å²) < 4.78 is 6.95. The van der Waals surface area contributed by atoms with E-state index < -0.39 is 6.10 Å². The monoisotopic (exact) mass is 234 g/mol. The smallest absolute Gasteiger partial charge is 0.137 e. The van der Waals surface area contributed by atoms with E-state index in [0.29, 0.717) is 18.0 Å². The number of nitrogen functional groups attached to an aromatic ring is 1. The van der Waals surface area contributed by atoms with Crippen molar-refractivity contribution in [1.82, 2.24) is 14.8 Å². The zero-order valence-electron chi connectivity index (χ0n) is 9.23. The molecule has 2 aromatic rings. The van der Waals surface area contributed by atoms with Crippen LogP contribution in [0.3, 0.4) is 0 Å². The van der Waals surface area contributed by atoms with Crippen molar-refractivity contribution >= 4 is 5.69 Å². The largest absolute Gasteiger partial charge is 0.491 e. The number of aliphatic hydroxyl groups is 1. The topological polar surface area (TPSA) is 86.2 Å². The third-order valence-corrected chi connectivity index (χ3v) is 2.16. The van der Waals surface area contributed by atoms with Crippen LogP contribution < -0.4 is 10.5 Å². The number of hydrogen-bond donors (Lipinski definition) is 2. The summed E-state index contributed by atoms with van der Waals surface area (Å²) in [5.74, 6) is 0.641. The molecule has 0 bridgehead atoms. The molecule has 0 saturated heterocycles. The SMILES string of the molecule is Nc1cccc(OCC(O)Cn2cncn2)c1. The quantitative estimate of drug-likeness (QED) is 0.727. The third kappa shape index (κ3) is 3.46. The Bertz CT molecular complexity index is 458. The number of anilines is 1. The summed E-state index contributed by atoms with van der Waals surface area (Å²) >= 11 is 0. The van der Waals surface area contributed by atoms with Crippen molar-refractivity contribution in [3.63, 3.8) is 0 Å². The molecular weight excluding hydrogens is 220 g/mol. The van der Waals surface area contributed by atoms with Crippen molar-refractivity contribution in [3.05, 3.63) is 36.9 Å². The average molecular weight is 234 g/mol. The average Bonchev–Trinajstić information content (AvgIpc) is 2.79. The Balaban J connectivity index is 1.82. The van der Waals surface area contributed by atoms with E-state index in [1.807, 2.05) is 0 Å². The molecule has 1 heterocycles. The van der Waals surface area contributed by atoms with E-state index in [-0.39, 0.29) is 6.61 Å². The predicted molar refractivity (Wildman–Crippen MR) is 62.4 cm³/mol. The number of nitrogens with two attached hydrogens (primary N) is 1. The first-order chi connectivity index (χ1) is 8.24. The maximum atomic E-state index is 9.71. The van der Waals surface area contributed by atoms with Crippen molar-refractivity contribution in [1.29, 1.82) is 0 Å². The van der Waals surface area contributed by atoms with Crippen LogP contribution in [-0.4, -0.2) is 32.6 Å². The van der Waals surface area contributed by atoms with Gasteiger partial charge < -0.3 is 15.6 Å². The van der Waals surface area contributed by atoms with E-state index in [2.05, 4.69) is 10.1 Å². The summed E-state index contributed by atoms with van der Waals surface area (Å²) in [6, 6.07) is 7.08. The van der Waals surface area contributed by atoms with Crippen LogP contribution in [0.25, 0.3) is 0 Å². The van der Waals surface area contributed by atoms with E-state index in [1.165, 1.54) is 6.33 Å². The van der Waals surface area contributed by atoms with E-state index in [0.717, 1.165) is 0 Å². The fourth-order valence-corrected chi connectivity index (χ4v) is 1.39. The highest BCUT2D eigenvalue weighted by Crippen LogP contribution is 2.14. The molecule has 0 aliphatic carbocycles. The number of benzene rings is 1. The zero-order valence-corrected chi connectivity index (χ0v) is 9.23. The minimum atomic E-state index is -0.641. The first kappa shape index (κ1) is 11.4.